The summed E-state index contributed by atoms with van der Waals surface area (Å²) in [6.45, 7) is 3.17. The predicted molar refractivity (Wildman–Crippen MR) is 105 cm³/mol. The van der Waals surface area contributed by atoms with Gasteiger partial charge in [0.05, 0.1) is 0 Å². The number of benzene rings is 2. The Morgan fingerprint density at radius 2 is 1.75 bits per heavy atom. The summed E-state index contributed by atoms with van der Waals surface area (Å²) in [5.41, 5.74) is 0.545. The summed E-state index contributed by atoms with van der Waals surface area (Å²) in [6.07, 6.45) is 2.28. The average Bonchev–Trinajstić information content (AvgIpc) is 2.69. The molecule has 28 heavy (non-hydrogen) atoms. The quantitative estimate of drug-likeness (QED) is 0.797. The van der Waals surface area contributed by atoms with E-state index in [1.165, 1.54) is 12.1 Å². The van der Waals surface area contributed by atoms with E-state index < -0.39 is 10.0 Å². The molecule has 3 fully saturated rings. The van der Waals surface area contributed by atoms with E-state index in [1.807, 2.05) is 0 Å². The molecule has 3 aliphatic rings. The van der Waals surface area contributed by atoms with E-state index in [4.69, 9.17) is 9.88 Å². The molecule has 0 aromatic heterocycles. The first-order valence-electron chi connectivity index (χ1n) is 9.33. The highest BCUT2D eigenvalue weighted by atomic mass is 32.2. The Hall–Kier alpha value is -2.42. The van der Waals surface area contributed by atoms with Crippen LogP contribution in [0.5, 0.6) is 11.5 Å². The molecule has 148 valence electrons. The fraction of sp³-hybridized carbons (Fsp3) is 0.350. The van der Waals surface area contributed by atoms with Crippen molar-refractivity contribution < 1.29 is 17.9 Å². The fourth-order valence-electron chi connectivity index (χ4n) is 3.95. The first-order valence-corrected chi connectivity index (χ1v) is 10.9. The van der Waals surface area contributed by atoms with Crippen LogP contribution in [-0.4, -0.2) is 44.9 Å². The first kappa shape index (κ1) is 18.9. The smallest absolute Gasteiger partial charge is 0.251 e. The number of carbonyl (C=O) groups is 1. The van der Waals surface area contributed by atoms with Crippen LogP contribution in [0.15, 0.2) is 53.4 Å². The largest absolute Gasteiger partial charge is 0.456 e. The normalized spacial score (nSPS) is 24.0. The van der Waals surface area contributed by atoms with Crippen LogP contribution >= 0.6 is 0 Å². The zero-order valence-corrected chi connectivity index (χ0v) is 16.2. The maximum Gasteiger partial charge on any atom is 0.251 e. The molecule has 7 nitrogen and oxygen atoms in total. The Bertz CT molecular complexity index is 967. The maximum atomic E-state index is 12.6. The van der Waals surface area contributed by atoms with Gasteiger partial charge in [-0.05, 0) is 68.2 Å². The molecule has 3 N–H and O–H groups in total. The number of nitrogens with zero attached hydrogens (tertiary/aromatic N) is 1. The highest BCUT2D eigenvalue weighted by Gasteiger charge is 2.34. The van der Waals surface area contributed by atoms with Crippen LogP contribution in [0, 0.1) is 5.92 Å². The molecule has 0 saturated carbocycles. The zero-order valence-electron chi connectivity index (χ0n) is 15.4. The molecule has 5 rings (SSSR count). The van der Waals surface area contributed by atoms with Gasteiger partial charge in [-0.15, -0.1) is 0 Å². The van der Waals surface area contributed by atoms with Gasteiger partial charge >= 0.3 is 0 Å². The van der Waals surface area contributed by atoms with Gasteiger partial charge < -0.3 is 15.0 Å². The van der Waals surface area contributed by atoms with Gasteiger partial charge in [-0.2, -0.15) is 0 Å². The van der Waals surface area contributed by atoms with Crippen molar-refractivity contribution in [2.75, 3.05) is 19.6 Å². The molecular weight excluding hydrogens is 378 g/mol. The van der Waals surface area contributed by atoms with Gasteiger partial charge in [-0.3, -0.25) is 4.79 Å². The number of fused-ring (bicyclic) bond motifs is 3. The number of hydrogen-bond donors (Lipinski definition) is 2. The van der Waals surface area contributed by atoms with E-state index in [0.29, 0.717) is 17.2 Å². The highest BCUT2D eigenvalue weighted by Crippen LogP contribution is 2.29. The molecule has 3 aliphatic heterocycles. The van der Waals surface area contributed by atoms with Crippen molar-refractivity contribution in [1.29, 1.82) is 0 Å². The SMILES string of the molecule is NS(=O)(=O)c1ccccc1Oc1ccc(C(=O)NC2CN3CCC2CC3)cc1. The van der Waals surface area contributed by atoms with Crippen LogP contribution in [-0.2, 0) is 10.0 Å². The Labute approximate surface area is 164 Å². The Morgan fingerprint density at radius 3 is 2.36 bits per heavy atom. The topological polar surface area (TPSA) is 102 Å². The summed E-state index contributed by atoms with van der Waals surface area (Å²) in [5, 5.41) is 8.37. The molecule has 2 aromatic rings. The van der Waals surface area contributed by atoms with Crippen LogP contribution in [0.4, 0.5) is 0 Å². The molecule has 0 aliphatic carbocycles. The number of amides is 1. The van der Waals surface area contributed by atoms with E-state index >= 15 is 0 Å². The number of nitrogens with one attached hydrogen (secondary N) is 1. The van der Waals surface area contributed by atoms with Crippen LogP contribution in [0.1, 0.15) is 23.2 Å². The van der Waals surface area contributed by atoms with Crippen LogP contribution in [0.3, 0.4) is 0 Å². The number of sulfonamides is 1. The molecule has 3 heterocycles. The summed E-state index contributed by atoms with van der Waals surface area (Å²) < 4.78 is 29.0. The van der Waals surface area contributed by atoms with Gasteiger partial charge in [0, 0.05) is 18.2 Å². The molecule has 0 spiro atoms. The fourth-order valence-corrected chi connectivity index (χ4v) is 4.61. The van der Waals surface area contributed by atoms with Crippen molar-refractivity contribution in [3.8, 4) is 11.5 Å². The van der Waals surface area contributed by atoms with Crippen molar-refractivity contribution in [1.82, 2.24) is 10.2 Å². The minimum Gasteiger partial charge on any atom is -0.456 e. The minimum atomic E-state index is -3.89. The number of ether oxygens (including phenoxy) is 1. The van der Waals surface area contributed by atoms with Crippen molar-refractivity contribution >= 4 is 15.9 Å². The number of piperidine rings is 3. The Balaban J connectivity index is 1.44. The van der Waals surface area contributed by atoms with Crippen molar-refractivity contribution in [3.63, 3.8) is 0 Å². The lowest BCUT2D eigenvalue weighted by Gasteiger charge is -2.44. The second kappa shape index (κ2) is 7.54. The van der Waals surface area contributed by atoms with Gasteiger partial charge in [0.2, 0.25) is 10.0 Å². The van der Waals surface area contributed by atoms with Gasteiger partial charge in [0.15, 0.2) is 0 Å². The van der Waals surface area contributed by atoms with Crippen molar-refractivity contribution in [2.45, 2.75) is 23.8 Å². The number of para-hydroxylation sites is 1. The lowest BCUT2D eigenvalue weighted by molar-refractivity contribution is 0.0620. The summed E-state index contributed by atoms with van der Waals surface area (Å²) in [6, 6.07) is 13.0. The van der Waals surface area contributed by atoms with Gasteiger partial charge in [0.1, 0.15) is 16.4 Å². The van der Waals surface area contributed by atoms with Gasteiger partial charge in [-0.1, -0.05) is 12.1 Å². The molecule has 1 amide bonds. The summed E-state index contributed by atoms with van der Waals surface area (Å²) >= 11 is 0. The zero-order chi connectivity index (χ0) is 19.7. The standard InChI is InChI=1S/C20H23N3O4S/c21-28(25,26)19-4-2-1-3-18(19)27-16-7-5-15(6-8-16)20(24)22-17-13-23-11-9-14(17)10-12-23/h1-8,14,17H,9-13H2,(H,22,24)(H2,21,25,26). The molecule has 1 atom stereocenters. The van der Waals surface area contributed by atoms with E-state index in [2.05, 4.69) is 10.2 Å². The van der Waals surface area contributed by atoms with Gasteiger partial charge in [-0.25, -0.2) is 13.6 Å². The van der Waals surface area contributed by atoms with Gasteiger partial charge in [0.25, 0.3) is 5.91 Å². The Kier molecular flexibility index (Phi) is 5.09. The highest BCUT2D eigenvalue weighted by molar-refractivity contribution is 7.89. The van der Waals surface area contributed by atoms with Crippen LogP contribution in [0.25, 0.3) is 0 Å². The van der Waals surface area contributed by atoms with E-state index in [0.717, 1.165) is 32.5 Å². The monoisotopic (exact) mass is 401 g/mol. The number of rotatable bonds is 5. The van der Waals surface area contributed by atoms with Crippen LogP contribution in [0.2, 0.25) is 0 Å². The molecule has 2 aromatic carbocycles. The van der Waals surface area contributed by atoms with E-state index in [9.17, 15) is 13.2 Å². The van der Waals surface area contributed by atoms with Crippen molar-refractivity contribution in [2.24, 2.45) is 11.1 Å². The summed E-state index contributed by atoms with van der Waals surface area (Å²) in [5.74, 6) is 1.03. The third-order valence-electron chi connectivity index (χ3n) is 5.47. The number of carbonyl (C=O) groups excluding carboxylic acids is 1. The molecule has 1 unspecified atom stereocenters. The summed E-state index contributed by atoms with van der Waals surface area (Å²) in [4.78, 5) is 14.9. The molecule has 3 saturated heterocycles. The molecule has 2 bridgehead atoms. The third-order valence-corrected chi connectivity index (χ3v) is 6.42. The number of nitrogens with two attached hydrogens (primary N) is 1. The minimum absolute atomic E-state index is 0.0841. The predicted octanol–water partition coefficient (Wildman–Crippen LogP) is 1.95. The second-order valence-electron chi connectivity index (χ2n) is 7.34. The lowest BCUT2D eigenvalue weighted by Crippen LogP contribution is -2.57. The molecule has 0 radical (unpaired) electrons. The first-order chi connectivity index (χ1) is 13.4. The summed E-state index contributed by atoms with van der Waals surface area (Å²) in [7, 11) is -3.89. The maximum absolute atomic E-state index is 12.6. The van der Waals surface area contributed by atoms with E-state index in [-0.39, 0.29) is 22.6 Å². The molecule has 8 heteroatoms. The van der Waals surface area contributed by atoms with Crippen LogP contribution < -0.4 is 15.2 Å². The molecular formula is C20H23N3O4S. The number of hydrogen-bond acceptors (Lipinski definition) is 5. The average molecular weight is 401 g/mol. The van der Waals surface area contributed by atoms with E-state index in [1.54, 1.807) is 36.4 Å². The lowest BCUT2D eigenvalue weighted by atomic mass is 9.84. The Morgan fingerprint density at radius 1 is 1.07 bits per heavy atom. The van der Waals surface area contributed by atoms with Crippen molar-refractivity contribution in [3.05, 3.63) is 54.1 Å². The second-order valence-corrected chi connectivity index (χ2v) is 8.87. The number of primary sulfonamides is 1. The third kappa shape index (κ3) is 4.04.